The number of ketones is 1. The largest absolute Gasteiger partial charge is 0.356 e. The van der Waals surface area contributed by atoms with Crippen LogP contribution in [0.4, 0.5) is 4.39 Å². The SMILES string of the molecule is CNC(=O)/C=C1/CN(C(C(=O)C2CC2)c2ccccc2F)CCC1SS(=O)(=O)c1ccc(C)cc1. The molecule has 1 N–H and O–H groups in total. The zero-order valence-corrected chi connectivity index (χ0v) is 21.4. The number of piperidine rings is 1. The Morgan fingerprint density at radius 3 is 2.43 bits per heavy atom. The van der Waals surface area contributed by atoms with Crippen LogP contribution in [0.25, 0.3) is 0 Å². The maximum Gasteiger partial charge on any atom is 0.243 e. The van der Waals surface area contributed by atoms with Crippen molar-refractivity contribution in [1.82, 2.24) is 10.2 Å². The monoisotopic (exact) mass is 516 g/mol. The quantitative estimate of drug-likeness (QED) is 0.422. The van der Waals surface area contributed by atoms with E-state index >= 15 is 0 Å². The number of halogens is 1. The molecule has 0 aromatic heterocycles. The van der Waals surface area contributed by atoms with Crippen molar-refractivity contribution in [3.8, 4) is 0 Å². The summed E-state index contributed by atoms with van der Waals surface area (Å²) in [6.45, 7) is 2.49. The summed E-state index contributed by atoms with van der Waals surface area (Å²) in [5.74, 6) is -0.898. The Balaban J connectivity index is 1.63. The molecule has 4 rings (SSSR count). The van der Waals surface area contributed by atoms with Crippen LogP contribution in [0.15, 0.2) is 65.1 Å². The summed E-state index contributed by atoms with van der Waals surface area (Å²) in [6.07, 6.45) is 3.41. The smallest absolute Gasteiger partial charge is 0.243 e. The van der Waals surface area contributed by atoms with Crippen LogP contribution >= 0.6 is 10.8 Å². The summed E-state index contributed by atoms with van der Waals surface area (Å²) in [7, 11) is -1.35. The number of amides is 1. The maximum absolute atomic E-state index is 14.8. The van der Waals surface area contributed by atoms with E-state index in [1.165, 1.54) is 19.2 Å². The second-order valence-corrected chi connectivity index (χ2v) is 13.1. The first-order chi connectivity index (χ1) is 16.7. The molecular weight excluding hydrogens is 487 g/mol. The second-order valence-electron chi connectivity index (χ2n) is 9.05. The van der Waals surface area contributed by atoms with Crippen LogP contribution in [0.5, 0.6) is 0 Å². The second kappa shape index (κ2) is 10.6. The summed E-state index contributed by atoms with van der Waals surface area (Å²) in [6, 6.07) is 12.2. The summed E-state index contributed by atoms with van der Waals surface area (Å²) >= 11 is 0. The van der Waals surface area contributed by atoms with Gasteiger partial charge in [0.15, 0.2) is 5.78 Å². The van der Waals surface area contributed by atoms with Crippen molar-refractivity contribution in [3.63, 3.8) is 0 Å². The standard InChI is InChI=1S/C26H29FN2O4S2/c1-17-7-11-20(12-8-17)35(32,33)34-23-13-14-29(16-19(23)15-24(30)28-2)25(26(31)18-9-10-18)21-5-3-4-6-22(21)27/h3-8,11-12,15,18,23,25H,9-10,13-14,16H2,1-2H3,(H,28,30)/b19-15-. The number of aryl methyl sites for hydroxylation is 1. The van der Waals surface area contributed by atoms with Gasteiger partial charge in [-0.15, -0.1) is 0 Å². The molecule has 2 unspecified atom stereocenters. The highest BCUT2D eigenvalue weighted by Crippen LogP contribution is 2.41. The van der Waals surface area contributed by atoms with E-state index in [1.807, 2.05) is 11.8 Å². The van der Waals surface area contributed by atoms with Gasteiger partial charge >= 0.3 is 0 Å². The summed E-state index contributed by atoms with van der Waals surface area (Å²) in [4.78, 5) is 27.6. The van der Waals surface area contributed by atoms with Crippen molar-refractivity contribution < 1.29 is 22.4 Å². The lowest BCUT2D eigenvalue weighted by atomic mass is 9.93. The van der Waals surface area contributed by atoms with Crippen molar-refractivity contribution in [2.75, 3.05) is 20.1 Å². The molecule has 2 aliphatic rings. The number of rotatable bonds is 8. The Hall–Kier alpha value is -2.49. The van der Waals surface area contributed by atoms with Gasteiger partial charge in [0, 0.05) is 42.9 Å². The minimum Gasteiger partial charge on any atom is -0.356 e. The van der Waals surface area contributed by atoms with Gasteiger partial charge in [-0.05, 0) is 60.8 Å². The van der Waals surface area contributed by atoms with Crippen molar-refractivity contribution >= 4 is 31.4 Å². The van der Waals surface area contributed by atoms with E-state index < -0.39 is 26.0 Å². The van der Waals surface area contributed by atoms with Gasteiger partial charge in [-0.1, -0.05) is 35.9 Å². The molecule has 186 valence electrons. The van der Waals surface area contributed by atoms with Crippen LogP contribution in [0.3, 0.4) is 0 Å². The van der Waals surface area contributed by atoms with Gasteiger partial charge in [-0.3, -0.25) is 14.5 Å². The fraction of sp³-hybridized carbons (Fsp3) is 0.385. The summed E-state index contributed by atoms with van der Waals surface area (Å²) in [5, 5.41) is 2.08. The van der Waals surface area contributed by atoms with Gasteiger partial charge in [0.2, 0.25) is 14.8 Å². The number of carbonyl (C=O) groups excluding carboxylic acids is 2. The van der Waals surface area contributed by atoms with Crippen LogP contribution in [-0.4, -0.2) is 50.4 Å². The van der Waals surface area contributed by atoms with E-state index in [-0.39, 0.29) is 29.0 Å². The molecule has 0 spiro atoms. The number of hydrogen-bond acceptors (Lipinski definition) is 6. The molecular formula is C26H29FN2O4S2. The normalized spacial score (nSPS) is 21.0. The molecule has 9 heteroatoms. The molecule has 1 heterocycles. The van der Waals surface area contributed by atoms with E-state index in [4.69, 9.17) is 0 Å². The average molecular weight is 517 g/mol. The van der Waals surface area contributed by atoms with Crippen LogP contribution < -0.4 is 5.32 Å². The molecule has 2 aromatic carbocycles. The van der Waals surface area contributed by atoms with Gasteiger partial charge in [0.1, 0.15) is 5.82 Å². The molecule has 0 bridgehead atoms. The Morgan fingerprint density at radius 2 is 1.80 bits per heavy atom. The third kappa shape index (κ3) is 6.02. The molecule has 1 aliphatic heterocycles. The highest BCUT2D eigenvalue weighted by Gasteiger charge is 2.42. The van der Waals surface area contributed by atoms with Crippen LogP contribution in [0.1, 0.15) is 36.4 Å². The lowest BCUT2D eigenvalue weighted by Crippen LogP contribution is -2.43. The van der Waals surface area contributed by atoms with E-state index in [2.05, 4.69) is 5.32 Å². The Morgan fingerprint density at radius 1 is 1.11 bits per heavy atom. The highest BCUT2D eigenvalue weighted by molar-refractivity contribution is 8.72. The van der Waals surface area contributed by atoms with Gasteiger partial charge in [-0.2, -0.15) is 0 Å². The molecule has 1 amide bonds. The first kappa shape index (κ1) is 25.6. The summed E-state index contributed by atoms with van der Waals surface area (Å²) < 4.78 is 41.0. The Bertz CT molecular complexity index is 1240. The Labute approximate surface area is 209 Å². The van der Waals surface area contributed by atoms with Gasteiger partial charge in [0.05, 0.1) is 10.9 Å². The van der Waals surface area contributed by atoms with Crippen molar-refractivity contribution in [2.24, 2.45) is 5.92 Å². The topological polar surface area (TPSA) is 83.6 Å². The van der Waals surface area contributed by atoms with Crippen LogP contribution in [-0.2, 0) is 18.5 Å². The van der Waals surface area contributed by atoms with Gasteiger partial charge in [0.25, 0.3) is 0 Å². The summed E-state index contributed by atoms with van der Waals surface area (Å²) in [5.41, 5.74) is 1.88. The average Bonchev–Trinajstić information content (AvgIpc) is 3.67. The maximum atomic E-state index is 14.8. The number of likely N-dealkylation sites (tertiary alicyclic amines) is 1. The molecule has 1 aliphatic carbocycles. The minimum absolute atomic E-state index is 0.0206. The van der Waals surface area contributed by atoms with E-state index in [0.29, 0.717) is 24.1 Å². The predicted octanol–water partition coefficient (Wildman–Crippen LogP) is 4.02. The first-order valence-electron chi connectivity index (χ1n) is 11.6. The van der Waals surface area contributed by atoms with Crippen molar-refractivity contribution in [2.45, 2.75) is 42.4 Å². The molecule has 2 atom stereocenters. The van der Waals surface area contributed by atoms with E-state index in [1.54, 1.807) is 42.5 Å². The Kier molecular flexibility index (Phi) is 7.78. The molecule has 2 aromatic rings. The number of hydrogen-bond donors (Lipinski definition) is 1. The van der Waals surface area contributed by atoms with E-state index in [9.17, 15) is 22.4 Å². The number of nitrogens with one attached hydrogen (secondary N) is 1. The molecule has 6 nitrogen and oxygen atoms in total. The van der Waals surface area contributed by atoms with Gasteiger partial charge in [-0.25, -0.2) is 12.8 Å². The lowest BCUT2D eigenvalue weighted by Gasteiger charge is -2.38. The molecule has 2 fully saturated rings. The highest BCUT2D eigenvalue weighted by atomic mass is 33.1. The number of nitrogens with zero attached hydrogens (tertiary/aromatic N) is 1. The third-order valence-corrected chi connectivity index (χ3v) is 10.3. The third-order valence-electron chi connectivity index (χ3n) is 6.41. The van der Waals surface area contributed by atoms with Crippen LogP contribution in [0.2, 0.25) is 0 Å². The number of benzene rings is 2. The number of carbonyl (C=O) groups is 2. The molecule has 0 radical (unpaired) electrons. The zero-order chi connectivity index (χ0) is 25.2. The number of Topliss-reactive ketones (excluding diaryl/α,β-unsaturated/α-hetero) is 1. The molecule has 35 heavy (non-hydrogen) atoms. The van der Waals surface area contributed by atoms with E-state index in [0.717, 1.165) is 29.2 Å². The molecule has 1 saturated carbocycles. The number of likely N-dealkylation sites (N-methyl/N-ethyl adjacent to an activating group) is 1. The van der Waals surface area contributed by atoms with Gasteiger partial charge < -0.3 is 5.32 Å². The van der Waals surface area contributed by atoms with Crippen molar-refractivity contribution in [1.29, 1.82) is 0 Å². The predicted molar refractivity (Wildman–Crippen MR) is 135 cm³/mol. The fourth-order valence-electron chi connectivity index (χ4n) is 4.32. The van der Waals surface area contributed by atoms with Crippen LogP contribution in [0, 0.1) is 18.7 Å². The first-order valence-corrected chi connectivity index (χ1v) is 14.5. The minimum atomic E-state index is -3.67. The lowest BCUT2D eigenvalue weighted by molar-refractivity contribution is -0.126. The zero-order valence-electron chi connectivity index (χ0n) is 19.7. The molecule has 1 saturated heterocycles. The van der Waals surface area contributed by atoms with Crippen molar-refractivity contribution in [3.05, 3.63) is 77.1 Å². The fourth-order valence-corrected chi connectivity index (χ4v) is 7.92.